The molecule has 0 aliphatic carbocycles. The lowest BCUT2D eigenvalue weighted by Gasteiger charge is -2.02. The van der Waals surface area contributed by atoms with Crippen LogP contribution in [0.4, 0.5) is 5.82 Å². The van der Waals surface area contributed by atoms with Crippen LogP contribution in [0.2, 0.25) is 0 Å². The topological polar surface area (TPSA) is 63.9 Å². The summed E-state index contributed by atoms with van der Waals surface area (Å²) in [6, 6.07) is 9.94. The number of aromatic nitrogens is 2. The highest BCUT2D eigenvalue weighted by Crippen LogP contribution is 2.13. The number of methoxy groups -OCH3 is 1. The molecule has 0 aliphatic rings. The van der Waals surface area contributed by atoms with Gasteiger partial charge in [-0.2, -0.15) is 5.10 Å². The predicted molar refractivity (Wildman–Crippen MR) is 63.4 cm³/mol. The first kappa shape index (κ1) is 10.5. The highest BCUT2D eigenvalue weighted by molar-refractivity contribution is 5.30. The van der Waals surface area contributed by atoms with E-state index in [2.05, 4.69) is 22.3 Å². The summed E-state index contributed by atoms with van der Waals surface area (Å²) in [5, 5.41) is 6.79. The monoisotopic (exact) mass is 217 g/mol. The summed E-state index contributed by atoms with van der Waals surface area (Å²) in [5.74, 6) is 1.43. The SMILES string of the molecule is COc1ccc(CCc2cc(N)n[nH]2)cc1. The number of rotatable bonds is 4. The van der Waals surface area contributed by atoms with E-state index in [4.69, 9.17) is 10.5 Å². The molecule has 0 amide bonds. The molecule has 4 nitrogen and oxygen atoms in total. The molecule has 1 aromatic heterocycles. The van der Waals surface area contributed by atoms with Crippen molar-refractivity contribution in [3.8, 4) is 5.75 Å². The van der Waals surface area contributed by atoms with Gasteiger partial charge in [-0.25, -0.2) is 0 Å². The molecule has 0 bridgehead atoms. The number of anilines is 1. The van der Waals surface area contributed by atoms with E-state index in [-0.39, 0.29) is 0 Å². The number of benzene rings is 1. The van der Waals surface area contributed by atoms with Crippen LogP contribution in [0, 0.1) is 0 Å². The standard InChI is InChI=1S/C12H15N3O/c1-16-11-6-3-9(4-7-11)2-5-10-8-12(13)15-14-10/h3-4,6-8H,2,5H2,1H3,(H3,13,14,15). The Morgan fingerprint density at radius 3 is 2.56 bits per heavy atom. The van der Waals surface area contributed by atoms with Gasteiger partial charge in [-0.3, -0.25) is 5.10 Å². The van der Waals surface area contributed by atoms with E-state index in [1.54, 1.807) is 7.11 Å². The molecule has 0 saturated carbocycles. The number of nitrogens with one attached hydrogen (secondary N) is 1. The van der Waals surface area contributed by atoms with Gasteiger partial charge >= 0.3 is 0 Å². The fraction of sp³-hybridized carbons (Fsp3) is 0.250. The Morgan fingerprint density at radius 1 is 1.25 bits per heavy atom. The molecule has 2 aromatic rings. The van der Waals surface area contributed by atoms with Gasteiger partial charge in [0.2, 0.25) is 0 Å². The van der Waals surface area contributed by atoms with E-state index in [0.717, 1.165) is 24.3 Å². The molecule has 0 aliphatic heterocycles. The summed E-state index contributed by atoms with van der Waals surface area (Å²) in [4.78, 5) is 0. The molecule has 2 rings (SSSR count). The van der Waals surface area contributed by atoms with Crippen LogP contribution in [0.1, 0.15) is 11.3 Å². The molecular weight excluding hydrogens is 202 g/mol. The summed E-state index contributed by atoms with van der Waals surface area (Å²) in [6.45, 7) is 0. The zero-order valence-corrected chi connectivity index (χ0v) is 9.23. The van der Waals surface area contributed by atoms with E-state index >= 15 is 0 Å². The number of nitrogen functional groups attached to an aromatic ring is 1. The molecule has 0 fully saturated rings. The van der Waals surface area contributed by atoms with Crippen molar-refractivity contribution in [2.75, 3.05) is 12.8 Å². The van der Waals surface area contributed by atoms with Crippen LogP contribution in [0.5, 0.6) is 5.75 Å². The summed E-state index contributed by atoms with van der Waals surface area (Å²) in [6.07, 6.45) is 1.88. The maximum Gasteiger partial charge on any atom is 0.145 e. The van der Waals surface area contributed by atoms with Crippen LogP contribution in [0.3, 0.4) is 0 Å². The van der Waals surface area contributed by atoms with E-state index in [1.807, 2.05) is 18.2 Å². The number of ether oxygens (including phenoxy) is 1. The molecule has 1 heterocycles. The maximum absolute atomic E-state index is 5.53. The summed E-state index contributed by atoms with van der Waals surface area (Å²) < 4.78 is 5.10. The molecule has 0 saturated heterocycles. The Hall–Kier alpha value is -1.97. The van der Waals surface area contributed by atoms with E-state index < -0.39 is 0 Å². The fourth-order valence-electron chi connectivity index (χ4n) is 1.58. The van der Waals surface area contributed by atoms with E-state index in [1.165, 1.54) is 5.56 Å². The molecule has 0 radical (unpaired) electrons. The predicted octanol–water partition coefficient (Wildman–Crippen LogP) is 1.79. The lowest BCUT2D eigenvalue weighted by atomic mass is 10.1. The van der Waals surface area contributed by atoms with Crippen molar-refractivity contribution < 1.29 is 4.74 Å². The highest BCUT2D eigenvalue weighted by Gasteiger charge is 1.99. The van der Waals surface area contributed by atoms with Crippen molar-refractivity contribution in [2.45, 2.75) is 12.8 Å². The number of nitrogens with zero attached hydrogens (tertiary/aromatic N) is 1. The second-order valence-electron chi connectivity index (χ2n) is 3.67. The van der Waals surface area contributed by atoms with Gasteiger partial charge in [0.05, 0.1) is 7.11 Å². The van der Waals surface area contributed by atoms with Gasteiger partial charge in [0.15, 0.2) is 0 Å². The second kappa shape index (κ2) is 4.70. The molecule has 16 heavy (non-hydrogen) atoms. The molecule has 0 atom stereocenters. The number of nitrogens with two attached hydrogens (primary N) is 1. The molecule has 84 valence electrons. The average molecular weight is 217 g/mol. The van der Waals surface area contributed by atoms with E-state index in [9.17, 15) is 0 Å². The first-order valence-electron chi connectivity index (χ1n) is 5.20. The van der Waals surface area contributed by atoms with Crippen molar-refractivity contribution in [1.29, 1.82) is 0 Å². The Labute approximate surface area is 94.4 Å². The smallest absolute Gasteiger partial charge is 0.145 e. The van der Waals surface area contributed by atoms with Crippen molar-refractivity contribution in [3.05, 3.63) is 41.6 Å². The third-order valence-corrected chi connectivity index (χ3v) is 2.49. The molecule has 0 spiro atoms. The quantitative estimate of drug-likeness (QED) is 0.820. The minimum Gasteiger partial charge on any atom is -0.497 e. The Morgan fingerprint density at radius 2 is 2.00 bits per heavy atom. The van der Waals surface area contributed by atoms with Gasteiger partial charge in [-0.15, -0.1) is 0 Å². The van der Waals surface area contributed by atoms with Gasteiger partial charge in [-0.1, -0.05) is 12.1 Å². The fourth-order valence-corrected chi connectivity index (χ4v) is 1.58. The first-order valence-corrected chi connectivity index (χ1v) is 5.20. The number of aryl methyl sites for hydroxylation is 2. The third-order valence-electron chi connectivity index (χ3n) is 2.49. The Balaban J connectivity index is 1.94. The number of hydrogen-bond acceptors (Lipinski definition) is 3. The molecule has 1 aromatic carbocycles. The highest BCUT2D eigenvalue weighted by atomic mass is 16.5. The van der Waals surface area contributed by atoms with Crippen LogP contribution in [0.25, 0.3) is 0 Å². The molecule has 3 N–H and O–H groups in total. The normalized spacial score (nSPS) is 10.3. The maximum atomic E-state index is 5.53. The van der Waals surface area contributed by atoms with Crippen LogP contribution >= 0.6 is 0 Å². The molecule has 0 unspecified atom stereocenters. The van der Waals surface area contributed by atoms with Gasteiger partial charge < -0.3 is 10.5 Å². The largest absolute Gasteiger partial charge is 0.497 e. The summed E-state index contributed by atoms with van der Waals surface area (Å²) >= 11 is 0. The third kappa shape index (κ3) is 2.53. The van der Waals surface area contributed by atoms with Crippen LogP contribution in [0.15, 0.2) is 30.3 Å². The molecular formula is C12H15N3O. The van der Waals surface area contributed by atoms with Gasteiger partial charge in [0, 0.05) is 11.8 Å². The Bertz CT molecular complexity index is 448. The lowest BCUT2D eigenvalue weighted by Crippen LogP contribution is -1.92. The van der Waals surface area contributed by atoms with Gasteiger partial charge in [0.25, 0.3) is 0 Å². The number of aromatic amines is 1. The van der Waals surface area contributed by atoms with Crippen LogP contribution in [-0.4, -0.2) is 17.3 Å². The summed E-state index contributed by atoms with van der Waals surface area (Å²) in [5.41, 5.74) is 7.86. The van der Waals surface area contributed by atoms with Gasteiger partial charge in [0.1, 0.15) is 11.6 Å². The number of hydrogen-bond donors (Lipinski definition) is 2. The van der Waals surface area contributed by atoms with Crippen LogP contribution < -0.4 is 10.5 Å². The second-order valence-corrected chi connectivity index (χ2v) is 3.67. The lowest BCUT2D eigenvalue weighted by molar-refractivity contribution is 0.414. The zero-order valence-electron chi connectivity index (χ0n) is 9.23. The van der Waals surface area contributed by atoms with Crippen molar-refractivity contribution in [1.82, 2.24) is 10.2 Å². The minimum absolute atomic E-state index is 0.546. The van der Waals surface area contributed by atoms with Crippen molar-refractivity contribution in [2.24, 2.45) is 0 Å². The Kier molecular flexibility index (Phi) is 3.10. The minimum atomic E-state index is 0.546. The van der Waals surface area contributed by atoms with Gasteiger partial charge in [-0.05, 0) is 30.5 Å². The number of H-pyrrole nitrogens is 1. The van der Waals surface area contributed by atoms with Crippen molar-refractivity contribution in [3.63, 3.8) is 0 Å². The molecule has 4 heteroatoms. The van der Waals surface area contributed by atoms with E-state index in [0.29, 0.717) is 5.82 Å². The average Bonchev–Trinajstić information content (AvgIpc) is 2.73. The summed E-state index contributed by atoms with van der Waals surface area (Å²) in [7, 11) is 1.67. The zero-order chi connectivity index (χ0) is 11.4. The van der Waals surface area contributed by atoms with Crippen molar-refractivity contribution >= 4 is 5.82 Å². The first-order chi connectivity index (χ1) is 7.78. The van der Waals surface area contributed by atoms with Crippen LogP contribution in [-0.2, 0) is 12.8 Å².